The monoisotopic (exact) mass is 321 g/mol. The van der Waals surface area contributed by atoms with Crippen LogP contribution in [0.2, 0.25) is 0 Å². The summed E-state index contributed by atoms with van der Waals surface area (Å²) in [6, 6.07) is 14.2. The lowest BCUT2D eigenvalue weighted by Gasteiger charge is -2.11. The van der Waals surface area contributed by atoms with Gasteiger partial charge in [0.05, 0.1) is 17.5 Å². The van der Waals surface area contributed by atoms with Crippen molar-refractivity contribution in [3.05, 3.63) is 76.9 Å². The second-order valence-corrected chi connectivity index (χ2v) is 5.43. The maximum absolute atomic E-state index is 12.1. The molecule has 0 atom stereocenters. The Bertz CT molecular complexity index is 802. The lowest BCUT2D eigenvalue weighted by molar-refractivity contribution is -0.167. The maximum Gasteiger partial charge on any atom is 0.336 e. The lowest BCUT2D eigenvalue weighted by Crippen LogP contribution is -2.32. The van der Waals surface area contributed by atoms with Gasteiger partial charge < -0.3 is 4.84 Å². The van der Waals surface area contributed by atoms with Crippen molar-refractivity contribution in [2.75, 3.05) is 0 Å². The Kier molecular flexibility index (Phi) is 4.24. The Balaban J connectivity index is 1.61. The van der Waals surface area contributed by atoms with Crippen LogP contribution >= 0.6 is 0 Å². The molecule has 1 aliphatic rings. The molecule has 0 saturated heterocycles. The van der Waals surface area contributed by atoms with Crippen LogP contribution < -0.4 is 0 Å². The van der Waals surface area contributed by atoms with E-state index in [1.165, 1.54) is 12.1 Å². The summed E-state index contributed by atoms with van der Waals surface area (Å²) >= 11 is 0. The third-order valence-electron chi connectivity index (χ3n) is 3.62. The Morgan fingerprint density at radius 3 is 2.17 bits per heavy atom. The number of hydrogen-bond acceptors (Lipinski definition) is 4. The predicted octanol–water partition coefficient (Wildman–Crippen LogP) is 3.15. The van der Waals surface area contributed by atoms with Gasteiger partial charge >= 0.3 is 5.97 Å². The largest absolute Gasteiger partial charge is 0.336 e. The van der Waals surface area contributed by atoms with Crippen LogP contribution in [0.5, 0.6) is 0 Å². The molecule has 2 aromatic carbocycles. The summed E-state index contributed by atoms with van der Waals surface area (Å²) in [6.07, 6.45) is 3.37. The van der Waals surface area contributed by atoms with Crippen LogP contribution in [0, 0.1) is 6.92 Å². The number of fused-ring (bicyclic) bond motifs is 1. The van der Waals surface area contributed by atoms with E-state index in [4.69, 9.17) is 4.84 Å². The molecular formula is C19H15NO4. The summed E-state index contributed by atoms with van der Waals surface area (Å²) in [7, 11) is 0. The summed E-state index contributed by atoms with van der Waals surface area (Å²) in [4.78, 5) is 40.9. The third kappa shape index (κ3) is 3.10. The molecule has 0 aromatic heterocycles. The molecule has 0 unspecified atom stereocenters. The molecule has 2 aromatic rings. The summed E-state index contributed by atoms with van der Waals surface area (Å²) in [6.45, 7) is 1.99. The molecule has 1 aliphatic heterocycles. The van der Waals surface area contributed by atoms with Gasteiger partial charge in [-0.05, 0) is 24.6 Å². The fraction of sp³-hybridized carbons (Fsp3) is 0.105. The highest BCUT2D eigenvalue weighted by molar-refractivity contribution is 6.20. The minimum atomic E-state index is -0.673. The van der Waals surface area contributed by atoms with E-state index in [0.29, 0.717) is 5.06 Å². The summed E-state index contributed by atoms with van der Waals surface area (Å²) < 4.78 is 0. The van der Waals surface area contributed by atoms with E-state index in [-0.39, 0.29) is 17.5 Å². The number of hydrogen-bond donors (Lipinski definition) is 0. The van der Waals surface area contributed by atoms with Crippen molar-refractivity contribution in [1.29, 1.82) is 0 Å². The predicted molar refractivity (Wildman–Crippen MR) is 87.9 cm³/mol. The first-order chi connectivity index (χ1) is 11.6. The van der Waals surface area contributed by atoms with E-state index in [1.807, 2.05) is 31.2 Å². The van der Waals surface area contributed by atoms with Crippen LogP contribution in [-0.2, 0) is 9.63 Å². The molecule has 1 heterocycles. The molecule has 0 spiro atoms. The van der Waals surface area contributed by atoms with Gasteiger partial charge in [0, 0.05) is 0 Å². The highest BCUT2D eigenvalue weighted by Gasteiger charge is 2.38. The average Bonchev–Trinajstić information content (AvgIpc) is 2.82. The van der Waals surface area contributed by atoms with E-state index in [1.54, 1.807) is 24.3 Å². The number of carbonyl (C=O) groups excluding carboxylic acids is 3. The molecule has 0 bridgehead atoms. The number of amides is 2. The molecule has 5 nitrogen and oxygen atoms in total. The molecular weight excluding hydrogens is 306 g/mol. The number of rotatable bonds is 4. The molecule has 24 heavy (non-hydrogen) atoms. The van der Waals surface area contributed by atoms with Crippen molar-refractivity contribution in [2.45, 2.75) is 13.3 Å². The third-order valence-corrected chi connectivity index (χ3v) is 3.62. The fourth-order valence-corrected chi connectivity index (χ4v) is 2.36. The first-order valence-corrected chi connectivity index (χ1v) is 7.48. The number of aryl methyl sites for hydroxylation is 1. The number of carbonyl (C=O) groups is 3. The average molecular weight is 321 g/mol. The van der Waals surface area contributed by atoms with Gasteiger partial charge in [-0.1, -0.05) is 59.2 Å². The van der Waals surface area contributed by atoms with Crippen molar-refractivity contribution >= 4 is 23.9 Å². The standard InChI is InChI=1S/C19H15NO4/c1-13-9-11-14(12-10-13)5-4-8-17(21)24-20-18(22)15-6-2-3-7-16(15)19(20)23/h2-7,9-12H,8H2,1H3/b5-4+. The van der Waals surface area contributed by atoms with E-state index >= 15 is 0 Å². The van der Waals surface area contributed by atoms with Gasteiger partial charge in [0.2, 0.25) is 0 Å². The topological polar surface area (TPSA) is 63.7 Å². The Hall–Kier alpha value is -3.21. The minimum absolute atomic E-state index is 0.0404. The molecule has 0 N–H and O–H groups in total. The molecule has 5 heteroatoms. The van der Waals surface area contributed by atoms with Gasteiger partial charge in [-0.2, -0.15) is 0 Å². The van der Waals surface area contributed by atoms with Crippen LogP contribution in [0.1, 0.15) is 38.3 Å². The molecule has 3 rings (SSSR count). The molecule has 0 fully saturated rings. The lowest BCUT2D eigenvalue weighted by atomic mass is 10.1. The molecule has 0 aliphatic carbocycles. The van der Waals surface area contributed by atoms with Gasteiger partial charge in [-0.25, -0.2) is 4.79 Å². The number of nitrogens with zero attached hydrogens (tertiary/aromatic N) is 1. The van der Waals surface area contributed by atoms with Crippen LogP contribution in [0.3, 0.4) is 0 Å². The van der Waals surface area contributed by atoms with Gasteiger partial charge in [0.1, 0.15) is 0 Å². The zero-order chi connectivity index (χ0) is 17.1. The molecule has 2 amide bonds. The Morgan fingerprint density at radius 2 is 1.58 bits per heavy atom. The normalized spacial score (nSPS) is 13.5. The molecule has 120 valence electrons. The van der Waals surface area contributed by atoms with E-state index < -0.39 is 17.8 Å². The fourth-order valence-electron chi connectivity index (χ4n) is 2.36. The first kappa shape index (κ1) is 15.7. The zero-order valence-electron chi connectivity index (χ0n) is 13.1. The SMILES string of the molecule is Cc1ccc(/C=C/CC(=O)ON2C(=O)c3ccccc3C2=O)cc1. The maximum atomic E-state index is 12.1. The minimum Gasteiger partial charge on any atom is -0.329 e. The quantitative estimate of drug-likeness (QED) is 0.812. The summed E-state index contributed by atoms with van der Waals surface area (Å²) in [5.41, 5.74) is 2.59. The van der Waals surface area contributed by atoms with Crippen LogP contribution in [0.25, 0.3) is 6.08 Å². The smallest absolute Gasteiger partial charge is 0.329 e. The van der Waals surface area contributed by atoms with Crippen molar-refractivity contribution in [3.8, 4) is 0 Å². The second kappa shape index (κ2) is 6.50. The summed E-state index contributed by atoms with van der Waals surface area (Å²) in [5, 5.41) is 0.521. The van der Waals surface area contributed by atoms with Crippen LogP contribution in [-0.4, -0.2) is 22.8 Å². The number of hydroxylamine groups is 2. The van der Waals surface area contributed by atoms with E-state index in [9.17, 15) is 14.4 Å². The Labute approximate surface area is 139 Å². The zero-order valence-corrected chi connectivity index (χ0v) is 13.1. The van der Waals surface area contributed by atoms with Gasteiger partial charge in [0.25, 0.3) is 11.8 Å². The first-order valence-electron chi connectivity index (χ1n) is 7.48. The van der Waals surface area contributed by atoms with Gasteiger partial charge in [-0.15, -0.1) is 0 Å². The van der Waals surface area contributed by atoms with Crippen molar-refractivity contribution in [2.24, 2.45) is 0 Å². The van der Waals surface area contributed by atoms with E-state index in [0.717, 1.165) is 11.1 Å². The van der Waals surface area contributed by atoms with Crippen LogP contribution in [0.15, 0.2) is 54.6 Å². The second-order valence-electron chi connectivity index (χ2n) is 5.43. The van der Waals surface area contributed by atoms with Crippen LogP contribution in [0.4, 0.5) is 0 Å². The number of imide groups is 1. The van der Waals surface area contributed by atoms with Crippen molar-refractivity contribution < 1.29 is 19.2 Å². The van der Waals surface area contributed by atoms with Crippen molar-refractivity contribution in [3.63, 3.8) is 0 Å². The highest BCUT2D eigenvalue weighted by Crippen LogP contribution is 2.22. The van der Waals surface area contributed by atoms with E-state index in [2.05, 4.69) is 0 Å². The van der Waals surface area contributed by atoms with Gasteiger partial charge in [-0.3, -0.25) is 9.59 Å². The number of benzene rings is 2. The molecule has 0 saturated carbocycles. The molecule has 0 radical (unpaired) electrons. The summed E-state index contributed by atoms with van der Waals surface area (Å²) in [5.74, 6) is -1.91. The highest BCUT2D eigenvalue weighted by atomic mass is 16.7. The van der Waals surface area contributed by atoms with Crippen molar-refractivity contribution in [1.82, 2.24) is 5.06 Å². The van der Waals surface area contributed by atoms with Gasteiger partial charge in [0.15, 0.2) is 0 Å². The Morgan fingerprint density at radius 1 is 1.00 bits per heavy atom.